The molecule has 1 aromatic heterocycles. The largest absolute Gasteiger partial charge is 0.468 e. The van der Waals surface area contributed by atoms with Crippen molar-refractivity contribution in [2.75, 3.05) is 7.11 Å². The maximum atomic E-state index is 11.3. The Kier molecular flexibility index (Phi) is 3.89. The van der Waals surface area contributed by atoms with Crippen LogP contribution in [0.25, 0.3) is 10.9 Å². The van der Waals surface area contributed by atoms with Crippen molar-refractivity contribution in [3.8, 4) is 0 Å². The molecule has 1 aromatic carbocycles. The predicted molar refractivity (Wildman–Crippen MR) is 70.1 cm³/mol. The molecule has 18 heavy (non-hydrogen) atoms. The summed E-state index contributed by atoms with van der Waals surface area (Å²) in [4.78, 5) is 15.5. The standard InChI is InChI=1S/C14H16N2O2/c1-10(14(17)18-2)16-9-11-5-6-13-12(8-11)4-3-7-15-13/h3-8,10,16H,9H2,1-2H3. The van der Waals surface area contributed by atoms with Gasteiger partial charge in [0.05, 0.1) is 12.6 Å². The first-order chi connectivity index (χ1) is 8.70. The molecular formula is C14H16N2O2. The molecule has 0 amide bonds. The Morgan fingerprint density at radius 3 is 3.06 bits per heavy atom. The highest BCUT2D eigenvalue weighted by Crippen LogP contribution is 2.13. The van der Waals surface area contributed by atoms with E-state index in [0.29, 0.717) is 6.54 Å². The lowest BCUT2D eigenvalue weighted by molar-refractivity contribution is -0.142. The SMILES string of the molecule is COC(=O)C(C)NCc1ccc2ncccc2c1. The number of hydrogen-bond donors (Lipinski definition) is 1. The Balaban J connectivity index is 2.06. The Bertz CT molecular complexity index is 554. The third kappa shape index (κ3) is 2.84. The number of aromatic nitrogens is 1. The molecule has 1 heterocycles. The molecule has 2 aromatic rings. The van der Waals surface area contributed by atoms with Gasteiger partial charge in [-0.2, -0.15) is 0 Å². The number of pyridine rings is 1. The molecule has 0 radical (unpaired) electrons. The van der Waals surface area contributed by atoms with Crippen molar-refractivity contribution in [1.82, 2.24) is 10.3 Å². The molecule has 1 N–H and O–H groups in total. The highest BCUT2D eigenvalue weighted by molar-refractivity contribution is 5.79. The molecule has 0 bridgehead atoms. The molecule has 0 saturated heterocycles. The molecule has 2 rings (SSSR count). The van der Waals surface area contributed by atoms with Crippen LogP contribution in [0.3, 0.4) is 0 Å². The van der Waals surface area contributed by atoms with Gasteiger partial charge >= 0.3 is 5.97 Å². The van der Waals surface area contributed by atoms with Crippen LogP contribution < -0.4 is 5.32 Å². The number of nitrogens with zero attached hydrogens (tertiary/aromatic N) is 1. The number of nitrogens with one attached hydrogen (secondary N) is 1. The van der Waals surface area contributed by atoms with Crippen LogP contribution >= 0.6 is 0 Å². The lowest BCUT2D eigenvalue weighted by Crippen LogP contribution is -2.34. The Morgan fingerprint density at radius 2 is 2.28 bits per heavy atom. The van der Waals surface area contributed by atoms with Gasteiger partial charge in [0.25, 0.3) is 0 Å². The summed E-state index contributed by atoms with van der Waals surface area (Å²) < 4.78 is 4.66. The quantitative estimate of drug-likeness (QED) is 0.834. The van der Waals surface area contributed by atoms with Crippen molar-refractivity contribution in [1.29, 1.82) is 0 Å². The second-order valence-corrected chi connectivity index (χ2v) is 4.16. The zero-order chi connectivity index (χ0) is 13.0. The van der Waals surface area contributed by atoms with E-state index in [9.17, 15) is 4.79 Å². The van der Waals surface area contributed by atoms with E-state index in [1.54, 1.807) is 13.1 Å². The van der Waals surface area contributed by atoms with Crippen molar-refractivity contribution in [3.63, 3.8) is 0 Å². The van der Waals surface area contributed by atoms with Crippen molar-refractivity contribution in [2.24, 2.45) is 0 Å². The summed E-state index contributed by atoms with van der Waals surface area (Å²) >= 11 is 0. The molecule has 4 nitrogen and oxygen atoms in total. The number of carbonyl (C=O) groups excluding carboxylic acids is 1. The second kappa shape index (κ2) is 5.60. The maximum Gasteiger partial charge on any atom is 0.322 e. The maximum absolute atomic E-state index is 11.3. The third-order valence-electron chi connectivity index (χ3n) is 2.83. The predicted octanol–water partition coefficient (Wildman–Crippen LogP) is 1.89. The van der Waals surface area contributed by atoms with Gasteiger partial charge in [-0.25, -0.2) is 0 Å². The molecule has 4 heteroatoms. The number of ether oxygens (including phenoxy) is 1. The van der Waals surface area contributed by atoms with E-state index in [1.807, 2.05) is 24.3 Å². The molecule has 0 spiro atoms. The van der Waals surface area contributed by atoms with Crippen LogP contribution in [-0.2, 0) is 16.1 Å². The second-order valence-electron chi connectivity index (χ2n) is 4.16. The van der Waals surface area contributed by atoms with Crippen LogP contribution in [0.1, 0.15) is 12.5 Å². The summed E-state index contributed by atoms with van der Waals surface area (Å²) in [5.41, 5.74) is 2.09. The van der Waals surface area contributed by atoms with Gasteiger partial charge in [-0.15, -0.1) is 0 Å². The minimum absolute atomic E-state index is 0.252. The van der Waals surface area contributed by atoms with Gasteiger partial charge in [-0.05, 0) is 30.7 Å². The normalized spacial score (nSPS) is 12.3. The number of methoxy groups -OCH3 is 1. The van der Waals surface area contributed by atoms with Crippen LogP contribution in [0.5, 0.6) is 0 Å². The van der Waals surface area contributed by atoms with Crippen LogP contribution in [0, 0.1) is 0 Å². The summed E-state index contributed by atoms with van der Waals surface area (Å²) in [6.07, 6.45) is 1.78. The van der Waals surface area contributed by atoms with Gasteiger partial charge in [-0.3, -0.25) is 9.78 Å². The number of carbonyl (C=O) groups is 1. The van der Waals surface area contributed by atoms with E-state index in [2.05, 4.69) is 21.1 Å². The zero-order valence-electron chi connectivity index (χ0n) is 10.5. The first-order valence-electron chi connectivity index (χ1n) is 5.85. The summed E-state index contributed by atoms with van der Waals surface area (Å²) in [6, 6.07) is 9.69. The van der Waals surface area contributed by atoms with Crippen molar-refractivity contribution in [3.05, 3.63) is 42.1 Å². The van der Waals surface area contributed by atoms with Gasteiger partial charge in [0.1, 0.15) is 6.04 Å². The van der Waals surface area contributed by atoms with Crippen LogP contribution in [0.4, 0.5) is 0 Å². The number of hydrogen-bond acceptors (Lipinski definition) is 4. The molecule has 0 aliphatic carbocycles. The highest BCUT2D eigenvalue weighted by Gasteiger charge is 2.11. The van der Waals surface area contributed by atoms with Crippen LogP contribution in [-0.4, -0.2) is 24.1 Å². The van der Waals surface area contributed by atoms with E-state index in [-0.39, 0.29) is 12.0 Å². The summed E-state index contributed by atoms with van der Waals surface area (Å²) in [7, 11) is 1.39. The average molecular weight is 244 g/mol. The minimum atomic E-state index is -0.306. The Labute approximate surface area is 106 Å². The zero-order valence-corrected chi connectivity index (χ0v) is 10.5. The smallest absolute Gasteiger partial charge is 0.322 e. The van der Waals surface area contributed by atoms with Crippen LogP contribution in [0.15, 0.2) is 36.5 Å². The molecule has 0 fully saturated rings. The molecule has 0 aliphatic heterocycles. The monoisotopic (exact) mass is 244 g/mol. The molecule has 0 aliphatic rings. The first-order valence-corrected chi connectivity index (χ1v) is 5.85. The summed E-state index contributed by atoms with van der Waals surface area (Å²) in [5, 5.41) is 4.22. The average Bonchev–Trinajstić information content (AvgIpc) is 2.43. The number of fused-ring (bicyclic) bond motifs is 1. The van der Waals surface area contributed by atoms with Crippen molar-refractivity contribution in [2.45, 2.75) is 19.5 Å². The fourth-order valence-corrected chi connectivity index (χ4v) is 1.77. The van der Waals surface area contributed by atoms with Crippen molar-refractivity contribution >= 4 is 16.9 Å². The van der Waals surface area contributed by atoms with Gasteiger partial charge in [0.15, 0.2) is 0 Å². The van der Waals surface area contributed by atoms with Crippen molar-refractivity contribution < 1.29 is 9.53 Å². The summed E-state index contributed by atoms with van der Waals surface area (Å²) in [6.45, 7) is 2.41. The van der Waals surface area contributed by atoms with Gasteiger partial charge in [0.2, 0.25) is 0 Å². The lowest BCUT2D eigenvalue weighted by Gasteiger charge is -2.11. The number of rotatable bonds is 4. The molecule has 1 atom stereocenters. The van der Waals surface area contributed by atoms with E-state index in [0.717, 1.165) is 16.5 Å². The van der Waals surface area contributed by atoms with E-state index < -0.39 is 0 Å². The van der Waals surface area contributed by atoms with Crippen LogP contribution in [0.2, 0.25) is 0 Å². The summed E-state index contributed by atoms with van der Waals surface area (Å²) in [5.74, 6) is -0.252. The number of esters is 1. The van der Waals surface area contributed by atoms with E-state index >= 15 is 0 Å². The van der Waals surface area contributed by atoms with Gasteiger partial charge in [-0.1, -0.05) is 12.1 Å². The fourth-order valence-electron chi connectivity index (χ4n) is 1.77. The highest BCUT2D eigenvalue weighted by atomic mass is 16.5. The molecule has 1 unspecified atom stereocenters. The fraction of sp³-hybridized carbons (Fsp3) is 0.286. The Morgan fingerprint density at radius 1 is 1.44 bits per heavy atom. The molecule has 0 saturated carbocycles. The van der Waals surface area contributed by atoms with Gasteiger partial charge in [0, 0.05) is 18.1 Å². The topological polar surface area (TPSA) is 51.2 Å². The lowest BCUT2D eigenvalue weighted by atomic mass is 10.1. The van der Waals surface area contributed by atoms with E-state index in [4.69, 9.17) is 0 Å². The van der Waals surface area contributed by atoms with Gasteiger partial charge < -0.3 is 10.1 Å². The Hall–Kier alpha value is -1.94. The van der Waals surface area contributed by atoms with E-state index in [1.165, 1.54) is 7.11 Å². The molecule has 94 valence electrons. The first kappa shape index (κ1) is 12.5. The minimum Gasteiger partial charge on any atom is -0.468 e. The third-order valence-corrected chi connectivity index (χ3v) is 2.83. The number of benzene rings is 1. The molecular weight excluding hydrogens is 228 g/mol.